The molecule has 1 atom stereocenters. The SMILES string of the molecule is Cc1c(-c2cnc(N3CCC4(CC3)Cc3ncccc3[C@H]4N)c3ccnn23)cnn1C. The van der Waals surface area contributed by atoms with Gasteiger partial charge in [0.05, 0.1) is 24.3 Å². The predicted molar refractivity (Wildman–Crippen MR) is 119 cm³/mol. The first-order valence-electron chi connectivity index (χ1n) is 10.8. The Morgan fingerprint density at radius 2 is 1.90 bits per heavy atom. The molecule has 158 valence electrons. The van der Waals surface area contributed by atoms with Gasteiger partial charge < -0.3 is 10.6 Å². The lowest BCUT2D eigenvalue weighted by Gasteiger charge is -2.42. The Morgan fingerprint density at radius 3 is 2.65 bits per heavy atom. The van der Waals surface area contributed by atoms with Crippen molar-refractivity contribution in [3.8, 4) is 11.3 Å². The molecule has 0 saturated carbocycles. The summed E-state index contributed by atoms with van der Waals surface area (Å²) in [4.78, 5) is 11.9. The summed E-state index contributed by atoms with van der Waals surface area (Å²) in [7, 11) is 1.95. The first-order valence-corrected chi connectivity index (χ1v) is 10.8. The van der Waals surface area contributed by atoms with Crippen LogP contribution in [0.1, 0.15) is 35.8 Å². The van der Waals surface area contributed by atoms with Crippen molar-refractivity contribution in [2.75, 3.05) is 18.0 Å². The molecule has 31 heavy (non-hydrogen) atoms. The Morgan fingerprint density at radius 1 is 1.06 bits per heavy atom. The molecular weight excluding hydrogens is 388 g/mol. The van der Waals surface area contributed by atoms with E-state index in [9.17, 15) is 0 Å². The van der Waals surface area contributed by atoms with Gasteiger partial charge in [0.25, 0.3) is 0 Å². The molecule has 0 unspecified atom stereocenters. The zero-order chi connectivity index (χ0) is 21.2. The molecule has 1 spiro atoms. The Hall–Kier alpha value is -3.26. The molecule has 1 fully saturated rings. The average Bonchev–Trinajstić information content (AvgIpc) is 3.47. The standard InChI is InChI=1S/C23H26N8/c1-15-17(13-28-29(15)2)20-14-26-22(19-5-9-27-31(19)20)30-10-6-23(7-11-30)12-18-16(21(23)24)4-3-8-25-18/h3-5,8-9,13-14,21H,6-7,10-12,24H2,1-2H3/t21-/m1/s1. The van der Waals surface area contributed by atoms with Gasteiger partial charge in [0.15, 0.2) is 5.82 Å². The van der Waals surface area contributed by atoms with Crippen LogP contribution in [0.4, 0.5) is 5.82 Å². The van der Waals surface area contributed by atoms with Crippen molar-refractivity contribution in [3.05, 3.63) is 59.9 Å². The monoisotopic (exact) mass is 414 g/mol. The number of rotatable bonds is 2. The topological polar surface area (TPSA) is 90.2 Å². The molecule has 0 aromatic carbocycles. The zero-order valence-electron chi connectivity index (χ0n) is 17.9. The third kappa shape index (κ3) is 2.64. The molecule has 0 radical (unpaired) electrons. The Labute approximate surface area is 180 Å². The minimum atomic E-state index is 0.0669. The number of pyridine rings is 1. The maximum absolute atomic E-state index is 6.72. The molecule has 8 heteroatoms. The largest absolute Gasteiger partial charge is 0.355 e. The fourth-order valence-corrected chi connectivity index (χ4v) is 5.39. The molecule has 0 bridgehead atoms. The van der Waals surface area contributed by atoms with Gasteiger partial charge in [-0.15, -0.1) is 0 Å². The first kappa shape index (κ1) is 18.5. The van der Waals surface area contributed by atoms with Gasteiger partial charge in [-0.3, -0.25) is 9.67 Å². The molecule has 1 saturated heterocycles. The second kappa shape index (κ2) is 6.62. The van der Waals surface area contributed by atoms with Crippen molar-refractivity contribution in [1.29, 1.82) is 0 Å². The van der Waals surface area contributed by atoms with Crippen LogP contribution >= 0.6 is 0 Å². The van der Waals surface area contributed by atoms with E-state index in [0.29, 0.717) is 0 Å². The van der Waals surface area contributed by atoms with E-state index in [0.717, 1.165) is 60.6 Å². The van der Waals surface area contributed by atoms with Crippen LogP contribution in [0.25, 0.3) is 16.8 Å². The highest BCUT2D eigenvalue weighted by atomic mass is 15.3. The normalized spacial score (nSPS) is 20.0. The minimum Gasteiger partial charge on any atom is -0.355 e. The van der Waals surface area contributed by atoms with Crippen LogP contribution in [0.2, 0.25) is 0 Å². The number of hydrogen-bond acceptors (Lipinski definition) is 6. The Bertz CT molecular complexity index is 1280. The molecule has 1 aliphatic carbocycles. The fourth-order valence-electron chi connectivity index (χ4n) is 5.39. The summed E-state index contributed by atoms with van der Waals surface area (Å²) >= 11 is 0. The molecule has 2 N–H and O–H groups in total. The molecule has 0 amide bonds. The maximum atomic E-state index is 6.72. The summed E-state index contributed by atoms with van der Waals surface area (Å²) in [6.07, 6.45) is 10.6. The van der Waals surface area contributed by atoms with Gasteiger partial charge in [-0.05, 0) is 49.3 Å². The zero-order valence-corrected chi connectivity index (χ0v) is 17.9. The number of hydrogen-bond donors (Lipinski definition) is 1. The lowest BCUT2D eigenvalue weighted by Crippen LogP contribution is -2.44. The number of piperidine rings is 1. The third-order valence-corrected chi connectivity index (χ3v) is 7.42. The van der Waals surface area contributed by atoms with E-state index in [2.05, 4.69) is 33.1 Å². The average molecular weight is 415 g/mol. The van der Waals surface area contributed by atoms with E-state index < -0.39 is 0 Å². The third-order valence-electron chi connectivity index (χ3n) is 7.42. The van der Waals surface area contributed by atoms with Crippen LogP contribution in [-0.2, 0) is 13.5 Å². The first-order chi connectivity index (χ1) is 15.1. The highest BCUT2D eigenvalue weighted by Gasteiger charge is 2.46. The van der Waals surface area contributed by atoms with Gasteiger partial charge in [0.2, 0.25) is 0 Å². The molecule has 8 nitrogen and oxygen atoms in total. The number of aryl methyl sites for hydroxylation is 1. The maximum Gasteiger partial charge on any atom is 0.154 e. The fraction of sp³-hybridized carbons (Fsp3) is 0.391. The molecule has 2 aliphatic rings. The predicted octanol–water partition coefficient (Wildman–Crippen LogP) is 2.68. The van der Waals surface area contributed by atoms with Gasteiger partial charge in [0, 0.05) is 49.3 Å². The van der Waals surface area contributed by atoms with Crippen molar-refractivity contribution in [3.63, 3.8) is 0 Å². The van der Waals surface area contributed by atoms with E-state index in [-0.39, 0.29) is 11.5 Å². The van der Waals surface area contributed by atoms with Gasteiger partial charge >= 0.3 is 0 Å². The summed E-state index contributed by atoms with van der Waals surface area (Å²) < 4.78 is 3.86. The Kier molecular flexibility index (Phi) is 3.95. The van der Waals surface area contributed by atoms with E-state index in [1.165, 1.54) is 11.3 Å². The highest BCUT2D eigenvalue weighted by Crippen LogP contribution is 2.50. The van der Waals surface area contributed by atoms with Gasteiger partial charge in [-0.2, -0.15) is 10.2 Å². The van der Waals surface area contributed by atoms with Gasteiger partial charge in [0.1, 0.15) is 5.52 Å². The van der Waals surface area contributed by atoms with Crippen molar-refractivity contribution in [2.45, 2.75) is 32.2 Å². The summed E-state index contributed by atoms with van der Waals surface area (Å²) in [5.41, 5.74) is 13.4. The number of aromatic nitrogens is 6. The van der Waals surface area contributed by atoms with Crippen LogP contribution in [-0.4, -0.2) is 42.5 Å². The van der Waals surface area contributed by atoms with Crippen LogP contribution < -0.4 is 10.6 Å². The summed E-state index contributed by atoms with van der Waals surface area (Å²) in [6.45, 7) is 3.93. The van der Waals surface area contributed by atoms with E-state index in [4.69, 9.17) is 10.7 Å². The summed E-state index contributed by atoms with van der Waals surface area (Å²) in [6, 6.07) is 6.25. The van der Waals surface area contributed by atoms with Crippen molar-refractivity contribution < 1.29 is 0 Å². The lowest BCUT2D eigenvalue weighted by atomic mass is 9.73. The van der Waals surface area contributed by atoms with Crippen molar-refractivity contribution >= 4 is 11.3 Å². The van der Waals surface area contributed by atoms with Crippen molar-refractivity contribution in [2.24, 2.45) is 18.2 Å². The second-order valence-electron chi connectivity index (χ2n) is 8.91. The van der Waals surface area contributed by atoms with Gasteiger partial charge in [-0.1, -0.05) is 6.07 Å². The van der Waals surface area contributed by atoms with E-state index in [1.807, 2.05) is 53.2 Å². The second-order valence-corrected chi connectivity index (χ2v) is 8.91. The smallest absolute Gasteiger partial charge is 0.154 e. The number of fused-ring (bicyclic) bond motifs is 2. The summed E-state index contributed by atoms with van der Waals surface area (Å²) in [5.74, 6) is 0.986. The quantitative estimate of drug-likeness (QED) is 0.542. The molecule has 4 aromatic rings. The minimum absolute atomic E-state index is 0.0669. The van der Waals surface area contributed by atoms with Crippen LogP contribution in [0.15, 0.2) is 43.0 Å². The molecule has 5 heterocycles. The highest BCUT2D eigenvalue weighted by molar-refractivity contribution is 5.74. The molecule has 4 aromatic heterocycles. The van der Waals surface area contributed by atoms with Crippen LogP contribution in [0.3, 0.4) is 0 Å². The molecule has 6 rings (SSSR count). The van der Waals surface area contributed by atoms with Crippen molar-refractivity contribution in [1.82, 2.24) is 29.4 Å². The molecular formula is C23H26N8. The number of nitrogens with two attached hydrogens (primary N) is 1. The lowest BCUT2D eigenvalue weighted by molar-refractivity contribution is 0.187. The van der Waals surface area contributed by atoms with Gasteiger partial charge in [-0.25, -0.2) is 9.50 Å². The number of nitrogens with zero attached hydrogens (tertiary/aromatic N) is 7. The summed E-state index contributed by atoms with van der Waals surface area (Å²) in [5, 5.41) is 8.98. The molecule has 1 aliphatic heterocycles. The van der Waals surface area contributed by atoms with Crippen LogP contribution in [0.5, 0.6) is 0 Å². The van der Waals surface area contributed by atoms with Crippen LogP contribution in [0, 0.1) is 12.3 Å². The number of anilines is 1. The Balaban J connectivity index is 1.30. The van der Waals surface area contributed by atoms with E-state index in [1.54, 1.807) is 0 Å². The van der Waals surface area contributed by atoms with E-state index >= 15 is 0 Å².